The van der Waals surface area contributed by atoms with Crippen LogP contribution in [-0.4, -0.2) is 52.2 Å². The maximum atomic E-state index is 12.7. The van der Waals surface area contributed by atoms with Gasteiger partial charge in [0.2, 0.25) is 0 Å². The van der Waals surface area contributed by atoms with Gasteiger partial charge in [-0.05, 0) is 52.2 Å². The Labute approximate surface area is 120 Å². The summed E-state index contributed by atoms with van der Waals surface area (Å²) in [7, 11) is 0. The number of carbonyl (C=O) groups excluding carboxylic acids is 1. The Morgan fingerprint density at radius 2 is 2.20 bits per heavy atom. The van der Waals surface area contributed by atoms with Gasteiger partial charge in [0.25, 0.3) is 0 Å². The molecule has 20 heavy (non-hydrogen) atoms. The second-order valence-electron chi connectivity index (χ2n) is 5.83. The van der Waals surface area contributed by atoms with E-state index in [1.165, 1.54) is 0 Å². The first-order chi connectivity index (χ1) is 9.79. The molecule has 5 nitrogen and oxygen atoms in total. The third-order valence-electron chi connectivity index (χ3n) is 4.62. The molecule has 1 aromatic heterocycles. The van der Waals surface area contributed by atoms with E-state index in [-0.39, 0.29) is 11.8 Å². The van der Waals surface area contributed by atoms with Crippen molar-refractivity contribution in [1.82, 2.24) is 20.0 Å². The van der Waals surface area contributed by atoms with E-state index in [0.29, 0.717) is 6.04 Å². The van der Waals surface area contributed by atoms with Crippen molar-refractivity contribution in [1.29, 1.82) is 0 Å². The smallest absolute Gasteiger partial charge is 0.183 e. The number of carbonyl (C=O) groups is 1. The van der Waals surface area contributed by atoms with Crippen LogP contribution in [0.25, 0.3) is 0 Å². The number of piperidine rings is 1. The zero-order chi connectivity index (χ0) is 13.9. The molecule has 2 aliphatic rings. The predicted molar refractivity (Wildman–Crippen MR) is 77.9 cm³/mol. The summed E-state index contributed by atoms with van der Waals surface area (Å²) in [6.07, 6.45) is 8.09. The Balaban J connectivity index is 1.72. The highest BCUT2D eigenvalue weighted by Crippen LogP contribution is 2.26. The Hall–Kier alpha value is -1.20. The van der Waals surface area contributed by atoms with Crippen molar-refractivity contribution in [2.75, 3.05) is 19.6 Å². The molecule has 1 unspecified atom stereocenters. The lowest BCUT2D eigenvalue weighted by Crippen LogP contribution is -2.47. The van der Waals surface area contributed by atoms with E-state index < -0.39 is 0 Å². The van der Waals surface area contributed by atoms with Crippen molar-refractivity contribution in [3.8, 4) is 0 Å². The highest BCUT2D eigenvalue weighted by Gasteiger charge is 2.36. The lowest BCUT2D eigenvalue weighted by atomic mass is 10.00. The Bertz CT molecular complexity index is 464. The highest BCUT2D eigenvalue weighted by atomic mass is 16.1. The average Bonchev–Trinajstić information content (AvgIpc) is 3.16. The minimum atomic E-state index is 0.0765. The maximum Gasteiger partial charge on any atom is 0.183 e. The lowest BCUT2D eigenvalue weighted by molar-refractivity contribution is 0.0783. The van der Waals surface area contributed by atoms with Crippen LogP contribution < -0.4 is 5.32 Å². The molecular formula is C15H24N4O. The summed E-state index contributed by atoms with van der Waals surface area (Å²) >= 11 is 0. The third-order valence-corrected chi connectivity index (χ3v) is 4.62. The van der Waals surface area contributed by atoms with E-state index in [1.54, 1.807) is 6.20 Å². The molecule has 0 aromatic carbocycles. The number of aryl methyl sites for hydroxylation is 1. The molecule has 5 heteroatoms. The minimum Gasteiger partial charge on any atom is -0.317 e. The zero-order valence-electron chi connectivity index (χ0n) is 12.2. The van der Waals surface area contributed by atoms with Gasteiger partial charge in [-0.1, -0.05) is 0 Å². The zero-order valence-corrected chi connectivity index (χ0v) is 12.2. The van der Waals surface area contributed by atoms with Crippen molar-refractivity contribution in [3.63, 3.8) is 0 Å². The molecule has 1 N–H and O–H groups in total. The highest BCUT2D eigenvalue weighted by molar-refractivity contribution is 5.99. The molecule has 2 fully saturated rings. The second-order valence-corrected chi connectivity index (χ2v) is 5.83. The molecular weight excluding hydrogens is 252 g/mol. The topological polar surface area (TPSA) is 50.2 Å². The van der Waals surface area contributed by atoms with Gasteiger partial charge < -0.3 is 5.32 Å². The summed E-state index contributed by atoms with van der Waals surface area (Å²) in [5.74, 6) is 0.265. The van der Waals surface area contributed by atoms with E-state index in [4.69, 9.17) is 0 Å². The normalized spacial score (nSPS) is 25.1. The molecule has 1 atom stereocenters. The molecule has 0 radical (unpaired) electrons. The lowest BCUT2D eigenvalue weighted by Gasteiger charge is -2.35. The number of aromatic nitrogens is 2. The fraction of sp³-hybridized carbons (Fsp3) is 0.733. The van der Waals surface area contributed by atoms with Crippen molar-refractivity contribution in [2.24, 2.45) is 0 Å². The maximum absolute atomic E-state index is 12.7. The number of rotatable bonds is 4. The van der Waals surface area contributed by atoms with Crippen LogP contribution >= 0.6 is 0 Å². The van der Waals surface area contributed by atoms with Gasteiger partial charge >= 0.3 is 0 Å². The quantitative estimate of drug-likeness (QED) is 0.842. The predicted octanol–water partition coefficient (Wildman–Crippen LogP) is 1.30. The molecule has 0 bridgehead atoms. The van der Waals surface area contributed by atoms with E-state index in [9.17, 15) is 4.79 Å². The van der Waals surface area contributed by atoms with Crippen LogP contribution in [-0.2, 0) is 6.54 Å². The van der Waals surface area contributed by atoms with Gasteiger partial charge in [-0.25, -0.2) is 0 Å². The number of hydrogen-bond donors (Lipinski definition) is 1. The van der Waals surface area contributed by atoms with Gasteiger partial charge in [0, 0.05) is 18.8 Å². The van der Waals surface area contributed by atoms with Crippen LogP contribution in [0.2, 0.25) is 0 Å². The summed E-state index contributed by atoms with van der Waals surface area (Å²) in [5.41, 5.74) is 0.776. The standard InChI is InChI=1S/C15H24N4O/c1-2-18-11-12(10-17-18)15(20)14-4-3-9-19(14)13-5-7-16-8-6-13/h10-11,13-14,16H,2-9H2,1H3. The Morgan fingerprint density at radius 1 is 1.40 bits per heavy atom. The summed E-state index contributed by atoms with van der Waals surface area (Å²) in [5, 5.41) is 7.63. The first-order valence-electron chi connectivity index (χ1n) is 7.82. The van der Waals surface area contributed by atoms with Crippen LogP contribution in [0.4, 0.5) is 0 Å². The van der Waals surface area contributed by atoms with Crippen molar-refractivity contribution in [3.05, 3.63) is 18.0 Å². The molecule has 2 saturated heterocycles. The van der Waals surface area contributed by atoms with Gasteiger partial charge in [-0.3, -0.25) is 14.4 Å². The van der Waals surface area contributed by atoms with Crippen LogP contribution in [0, 0.1) is 0 Å². The number of Topliss-reactive ketones (excluding diaryl/α,β-unsaturated/α-hetero) is 1. The van der Waals surface area contributed by atoms with Crippen LogP contribution in [0.5, 0.6) is 0 Å². The van der Waals surface area contributed by atoms with Gasteiger partial charge in [-0.15, -0.1) is 0 Å². The molecule has 0 amide bonds. The van der Waals surface area contributed by atoms with Crippen molar-refractivity contribution < 1.29 is 4.79 Å². The number of nitrogens with zero attached hydrogens (tertiary/aromatic N) is 3. The molecule has 0 saturated carbocycles. The summed E-state index contributed by atoms with van der Waals surface area (Å²) < 4.78 is 1.83. The molecule has 2 aliphatic heterocycles. The van der Waals surface area contributed by atoms with Crippen LogP contribution in [0.1, 0.15) is 43.0 Å². The van der Waals surface area contributed by atoms with Crippen molar-refractivity contribution >= 4 is 5.78 Å². The Kier molecular flexibility index (Phi) is 4.17. The summed E-state index contributed by atoms with van der Waals surface area (Å²) in [6.45, 7) is 6.09. The third kappa shape index (κ3) is 2.65. The molecule has 0 aliphatic carbocycles. The molecule has 110 valence electrons. The van der Waals surface area contributed by atoms with Gasteiger partial charge in [0.1, 0.15) is 0 Å². The van der Waals surface area contributed by atoms with Gasteiger partial charge in [0.15, 0.2) is 5.78 Å². The fourth-order valence-corrected chi connectivity index (χ4v) is 3.50. The second kappa shape index (κ2) is 6.06. The first kappa shape index (κ1) is 13.8. The van der Waals surface area contributed by atoms with Gasteiger partial charge in [-0.2, -0.15) is 5.10 Å². The van der Waals surface area contributed by atoms with Crippen LogP contribution in [0.15, 0.2) is 12.4 Å². The monoisotopic (exact) mass is 276 g/mol. The van der Waals surface area contributed by atoms with Gasteiger partial charge in [0.05, 0.1) is 17.8 Å². The number of ketones is 1. The summed E-state index contributed by atoms with van der Waals surface area (Å²) in [4.78, 5) is 15.2. The minimum absolute atomic E-state index is 0.0765. The first-order valence-corrected chi connectivity index (χ1v) is 7.82. The van der Waals surface area contributed by atoms with E-state index in [0.717, 1.165) is 57.4 Å². The molecule has 0 spiro atoms. The van der Waals surface area contributed by atoms with E-state index >= 15 is 0 Å². The number of likely N-dealkylation sites (tertiary alicyclic amines) is 1. The van der Waals surface area contributed by atoms with E-state index in [1.807, 2.05) is 17.8 Å². The average molecular weight is 276 g/mol. The van der Waals surface area contributed by atoms with Crippen LogP contribution in [0.3, 0.4) is 0 Å². The van der Waals surface area contributed by atoms with E-state index in [2.05, 4.69) is 15.3 Å². The molecule has 1 aromatic rings. The SMILES string of the molecule is CCn1cc(C(=O)C2CCCN2C2CCNCC2)cn1. The fourth-order valence-electron chi connectivity index (χ4n) is 3.50. The molecule has 3 rings (SSSR count). The molecule has 3 heterocycles. The summed E-state index contributed by atoms with van der Waals surface area (Å²) in [6, 6.07) is 0.654. The Morgan fingerprint density at radius 3 is 2.90 bits per heavy atom. The largest absolute Gasteiger partial charge is 0.317 e. The van der Waals surface area contributed by atoms with Crippen molar-refractivity contribution in [2.45, 2.75) is 51.2 Å². The number of hydrogen-bond acceptors (Lipinski definition) is 4. The number of nitrogens with one attached hydrogen (secondary N) is 1.